The number of aliphatic hydroxyl groups excluding tert-OH is 1. The standard InChI is InChI=1S/C22H25N3O3/c1-12(13-6-4-3-5-7-13)18-8-14(9-19(24-18)22(28)23-2)21(27)25-20-16-10-15(26)11-17(16)20/h3-9,12,15-17,20,26H,10-11H2,1-2H3,(H,23,28)(H,25,27)/t12-,15?,16-,17+,20?/m0/s1. The Morgan fingerprint density at radius 2 is 1.79 bits per heavy atom. The van der Waals surface area contributed by atoms with Crippen molar-refractivity contribution < 1.29 is 14.7 Å². The van der Waals surface area contributed by atoms with Crippen molar-refractivity contribution in [2.24, 2.45) is 11.8 Å². The van der Waals surface area contributed by atoms with Crippen LogP contribution in [-0.4, -0.2) is 41.1 Å². The highest BCUT2D eigenvalue weighted by Gasteiger charge is 2.56. The summed E-state index contributed by atoms with van der Waals surface area (Å²) in [6.45, 7) is 2.01. The van der Waals surface area contributed by atoms with Crippen LogP contribution in [0, 0.1) is 11.8 Å². The van der Waals surface area contributed by atoms with E-state index >= 15 is 0 Å². The molecule has 28 heavy (non-hydrogen) atoms. The lowest BCUT2D eigenvalue weighted by Crippen LogP contribution is -2.30. The molecular weight excluding hydrogens is 354 g/mol. The van der Waals surface area contributed by atoms with Gasteiger partial charge in [-0.3, -0.25) is 9.59 Å². The number of rotatable bonds is 5. The van der Waals surface area contributed by atoms with Crippen LogP contribution in [0.5, 0.6) is 0 Å². The minimum atomic E-state index is -0.317. The van der Waals surface area contributed by atoms with E-state index in [2.05, 4.69) is 15.6 Å². The van der Waals surface area contributed by atoms with Crippen LogP contribution in [0.1, 0.15) is 57.8 Å². The van der Waals surface area contributed by atoms with Gasteiger partial charge < -0.3 is 15.7 Å². The summed E-state index contributed by atoms with van der Waals surface area (Å²) < 4.78 is 0. The molecule has 6 heteroatoms. The van der Waals surface area contributed by atoms with Gasteiger partial charge in [-0.2, -0.15) is 0 Å². The van der Waals surface area contributed by atoms with Gasteiger partial charge in [-0.05, 0) is 42.4 Å². The molecule has 1 heterocycles. The summed E-state index contributed by atoms with van der Waals surface area (Å²) in [5.74, 6) is 0.196. The van der Waals surface area contributed by atoms with E-state index in [0.29, 0.717) is 23.1 Å². The minimum Gasteiger partial charge on any atom is -0.393 e. The van der Waals surface area contributed by atoms with E-state index in [-0.39, 0.29) is 35.6 Å². The molecule has 5 atom stereocenters. The number of carbonyl (C=O) groups excluding carboxylic acids is 2. The zero-order valence-corrected chi connectivity index (χ0v) is 16.1. The fourth-order valence-electron chi connectivity index (χ4n) is 4.32. The maximum atomic E-state index is 12.8. The Balaban J connectivity index is 1.59. The molecule has 2 aliphatic carbocycles. The SMILES string of the molecule is CNC(=O)c1cc(C(=O)NC2[C@H]3CC(O)C[C@@H]23)cc([C@@H](C)c2ccccc2)n1. The molecule has 2 saturated carbocycles. The quantitative estimate of drug-likeness (QED) is 0.742. The fraction of sp³-hybridized carbons (Fsp3) is 0.409. The third-order valence-electron chi connectivity index (χ3n) is 6.03. The van der Waals surface area contributed by atoms with E-state index in [4.69, 9.17) is 0 Å². The van der Waals surface area contributed by atoms with E-state index in [0.717, 1.165) is 18.4 Å². The van der Waals surface area contributed by atoms with Gasteiger partial charge in [0.25, 0.3) is 11.8 Å². The summed E-state index contributed by atoms with van der Waals surface area (Å²) in [5, 5.41) is 15.3. The first-order chi connectivity index (χ1) is 13.5. The number of aromatic nitrogens is 1. The van der Waals surface area contributed by atoms with E-state index in [1.165, 1.54) is 0 Å². The summed E-state index contributed by atoms with van der Waals surface area (Å²) in [7, 11) is 1.55. The number of carbonyl (C=O) groups is 2. The molecule has 0 aliphatic heterocycles. The van der Waals surface area contributed by atoms with Crippen LogP contribution in [0.3, 0.4) is 0 Å². The Bertz CT molecular complexity index is 887. The first-order valence-corrected chi connectivity index (χ1v) is 9.76. The van der Waals surface area contributed by atoms with Gasteiger partial charge in [-0.1, -0.05) is 37.3 Å². The van der Waals surface area contributed by atoms with Crippen LogP contribution in [0.25, 0.3) is 0 Å². The molecule has 0 saturated heterocycles. The Morgan fingerprint density at radius 1 is 1.11 bits per heavy atom. The van der Waals surface area contributed by atoms with Crippen LogP contribution >= 0.6 is 0 Å². The molecule has 6 nitrogen and oxygen atoms in total. The smallest absolute Gasteiger partial charge is 0.269 e. The zero-order valence-electron chi connectivity index (χ0n) is 16.1. The highest BCUT2D eigenvalue weighted by Crippen LogP contribution is 2.52. The van der Waals surface area contributed by atoms with Gasteiger partial charge in [0, 0.05) is 30.3 Å². The molecule has 2 fully saturated rings. The maximum absolute atomic E-state index is 12.8. The first kappa shape index (κ1) is 18.6. The van der Waals surface area contributed by atoms with Crippen LogP contribution < -0.4 is 10.6 Å². The lowest BCUT2D eigenvalue weighted by Gasteiger charge is -2.15. The molecule has 1 aromatic heterocycles. The molecule has 3 N–H and O–H groups in total. The number of pyridine rings is 1. The second-order valence-electron chi connectivity index (χ2n) is 7.83. The van der Waals surface area contributed by atoms with Crippen LogP contribution in [-0.2, 0) is 0 Å². The summed E-state index contributed by atoms with van der Waals surface area (Å²) in [5.41, 5.74) is 2.43. The highest BCUT2D eigenvalue weighted by atomic mass is 16.3. The Hall–Kier alpha value is -2.73. The first-order valence-electron chi connectivity index (χ1n) is 9.76. The number of aliphatic hydroxyl groups is 1. The molecule has 2 amide bonds. The summed E-state index contributed by atoms with van der Waals surface area (Å²) >= 11 is 0. The molecule has 2 aromatic rings. The molecule has 2 unspecified atom stereocenters. The topological polar surface area (TPSA) is 91.3 Å². The van der Waals surface area contributed by atoms with Gasteiger partial charge in [-0.15, -0.1) is 0 Å². The molecular formula is C22H25N3O3. The van der Waals surface area contributed by atoms with Crippen LogP contribution in [0.15, 0.2) is 42.5 Å². The van der Waals surface area contributed by atoms with Crippen molar-refractivity contribution in [2.75, 3.05) is 7.05 Å². The number of fused-ring (bicyclic) bond motifs is 1. The van der Waals surface area contributed by atoms with Crippen molar-refractivity contribution in [1.82, 2.24) is 15.6 Å². The van der Waals surface area contributed by atoms with Gasteiger partial charge in [0.05, 0.1) is 6.10 Å². The fourth-order valence-corrected chi connectivity index (χ4v) is 4.32. The van der Waals surface area contributed by atoms with Crippen molar-refractivity contribution in [3.63, 3.8) is 0 Å². The predicted octanol–water partition coefficient (Wildman–Crippen LogP) is 2.09. The van der Waals surface area contributed by atoms with Crippen LogP contribution in [0.4, 0.5) is 0 Å². The van der Waals surface area contributed by atoms with E-state index in [1.54, 1.807) is 19.2 Å². The summed E-state index contributed by atoms with van der Waals surface area (Å²) in [6.07, 6.45) is 1.28. The Kier molecular flexibility index (Phi) is 4.89. The molecule has 146 valence electrons. The molecule has 4 rings (SSSR count). The van der Waals surface area contributed by atoms with Crippen molar-refractivity contribution in [3.05, 3.63) is 65.0 Å². The minimum absolute atomic E-state index is 0.0483. The van der Waals surface area contributed by atoms with E-state index < -0.39 is 0 Å². The van der Waals surface area contributed by atoms with Gasteiger partial charge in [-0.25, -0.2) is 4.98 Å². The van der Waals surface area contributed by atoms with Gasteiger partial charge >= 0.3 is 0 Å². The third-order valence-corrected chi connectivity index (χ3v) is 6.03. The van der Waals surface area contributed by atoms with Crippen molar-refractivity contribution in [1.29, 1.82) is 0 Å². The monoisotopic (exact) mass is 379 g/mol. The van der Waals surface area contributed by atoms with Crippen molar-refractivity contribution in [2.45, 2.75) is 37.8 Å². The second kappa shape index (κ2) is 7.36. The number of nitrogens with one attached hydrogen (secondary N) is 2. The normalized spacial score (nSPS) is 26.2. The molecule has 2 aliphatic rings. The largest absolute Gasteiger partial charge is 0.393 e. The summed E-state index contributed by atoms with van der Waals surface area (Å²) in [4.78, 5) is 29.5. The number of nitrogens with zero attached hydrogens (tertiary/aromatic N) is 1. The molecule has 0 bridgehead atoms. The van der Waals surface area contributed by atoms with Crippen molar-refractivity contribution >= 4 is 11.8 Å². The Morgan fingerprint density at radius 3 is 2.43 bits per heavy atom. The average molecular weight is 379 g/mol. The van der Waals surface area contributed by atoms with Gasteiger partial charge in [0.15, 0.2) is 0 Å². The lowest BCUT2D eigenvalue weighted by atomic mass is 9.95. The average Bonchev–Trinajstić information content (AvgIpc) is 3.17. The van der Waals surface area contributed by atoms with Crippen LogP contribution in [0.2, 0.25) is 0 Å². The third kappa shape index (κ3) is 3.52. The zero-order chi connectivity index (χ0) is 19.8. The molecule has 0 radical (unpaired) electrons. The number of amides is 2. The summed E-state index contributed by atoms with van der Waals surface area (Å²) in [6, 6.07) is 13.3. The van der Waals surface area contributed by atoms with E-state index in [1.807, 2.05) is 37.3 Å². The Labute approximate surface area is 164 Å². The van der Waals surface area contributed by atoms with Gasteiger partial charge in [0.2, 0.25) is 0 Å². The number of hydrogen-bond acceptors (Lipinski definition) is 4. The van der Waals surface area contributed by atoms with Gasteiger partial charge in [0.1, 0.15) is 5.69 Å². The lowest BCUT2D eigenvalue weighted by molar-refractivity contribution is 0.0936. The van der Waals surface area contributed by atoms with Crippen molar-refractivity contribution in [3.8, 4) is 0 Å². The van der Waals surface area contributed by atoms with E-state index in [9.17, 15) is 14.7 Å². The number of hydrogen-bond donors (Lipinski definition) is 3. The molecule has 0 spiro atoms. The highest BCUT2D eigenvalue weighted by molar-refractivity contribution is 5.99. The maximum Gasteiger partial charge on any atom is 0.269 e. The molecule has 1 aromatic carbocycles. The number of benzene rings is 1. The second-order valence-corrected chi connectivity index (χ2v) is 7.83. The predicted molar refractivity (Wildman–Crippen MR) is 105 cm³/mol.